The smallest absolute Gasteiger partial charge is 0.160 e. The number of rotatable bonds is 7. The van der Waals surface area contributed by atoms with Crippen LogP contribution in [-0.2, 0) is 11.3 Å². The normalized spacial score (nSPS) is 13.0. The van der Waals surface area contributed by atoms with E-state index in [1.807, 2.05) is 26.0 Å². The molecular weight excluding hydrogens is 274 g/mol. The molecule has 0 aromatic carbocycles. The van der Waals surface area contributed by atoms with E-state index in [-0.39, 0.29) is 5.38 Å². The van der Waals surface area contributed by atoms with Crippen molar-refractivity contribution in [3.63, 3.8) is 0 Å². The predicted molar refractivity (Wildman–Crippen MR) is 82.3 cm³/mol. The number of aromatic nitrogens is 3. The van der Waals surface area contributed by atoms with E-state index < -0.39 is 0 Å². The van der Waals surface area contributed by atoms with Gasteiger partial charge in [0.05, 0.1) is 5.38 Å². The Morgan fingerprint density at radius 3 is 2.75 bits per heavy atom. The lowest BCUT2D eigenvalue weighted by Crippen LogP contribution is -2.06. The van der Waals surface area contributed by atoms with Crippen molar-refractivity contribution in [2.45, 2.75) is 45.0 Å². The first-order valence-corrected chi connectivity index (χ1v) is 7.54. The van der Waals surface area contributed by atoms with Gasteiger partial charge in [-0.15, -0.1) is 11.6 Å². The number of fused-ring (bicyclic) bond motifs is 1. The second-order valence-electron chi connectivity index (χ2n) is 5.09. The van der Waals surface area contributed by atoms with Crippen molar-refractivity contribution in [3.8, 4) is 0 Å². The highest BCUT2D eigenvalue weighted by molar-refractivity contribution is 6.20. The van der Waals surface area contributed by atoms with Crippen LogP contribution in [0.1, 0.15) is 43.1 Å². The summed E-state index contributed by atoms with van der Waals surface area (Å²) in [6.45, 7) is 5.68. The summed E-state index contributed by atoms with van der Waals surface area (Å²) >= 11 is 6.25. The minimum atomic E-state index is -0.108. The van der Waals surface area contributed by atoms with Crippen molar-refractivity contribution in [1.29, 1.82) is 0 Å². The van der Waals surface area contributed by atoms with Gasteiger partial charge in [-0.1, -0.05) is 0 Å². The number of methoxy groups -OCH3 is 1. The van der Waals surface area contributed by atoms with Crippen molar-refractivity contribution in [2.75, 3.05) is 13.7 Å². The molecule has 0 saturated heterocycles. The molecule has 2 aromatic rings. The van der Waals surface area contributed by atoms with Gasteiger partial charge < -0.3 is 9.30 Å². The van der Waals surface area contributed by atoms with Crippen LogP contribution >= 0.6 is 11.6 Å². The Bertz CT molecular complexity index is 565. The van der Waals surface area contributed by atoms with Crippen LogP contribution in [-0.4, -0.2) is 28.3 Å². The molecule has 0 saturated carbocycles. The van der Waals surface area contributed by atoms with Gasteiger partial charge in [0.15, 0.2) is 5.65 Å². The highest BCUT2D eigenvalue weighted by atomic mass is 35.5. The van der Waals surface area contributed by atoms with Gasteiger partial charge in [0.1, 0.15) is 11.3 Å². The first-order valence-electron chi connectivity index (χ1n) is 7.10. The molecule has 2 aromatic heterocycles. The summed E-state index contributed by atoms with van der Waals surface area (Å²) in [7, 11) is 1.74. The van der Waals surface area contributed by atoms with Crippen LogP contribution in [0.25, 0.3) is 11.2 Å². The number of nitrogens with zero attached hydrogens (tertiary/aromatic N) is 3. The van der Waals surface area contributed by atoms with Crippen LogP contribution in [0.4, 0.5) is 0 Å². The fourth-order valence-corrected chi connectivity index (χ4v) is 2.50. The number of imidazole rings is 1. The molecule has 4 nitrogen and oxygen atoms in total. The molecule has 0 aliphatic heterocycles. The summed E-state index contributed by atoms with van der Waals surface area (Å²) in [5.74, 6) is 0.909. The molecule has 5 heteroatoms. The molecule has 0 fully saturated rings. The Hall–Kier alpha value is -1.13. The summed E-state index contributed by atoms with van der Waals surface area (Å²) in [4.78, 5) is 9.22. The highest BCUT2D eigenvalue weighted by Gasteiger charge is 2.15. The van der Waals surface area contributed by atoms with Crippen LogP contribution in [0, 0.1) is 6.92 Å². The Kier molecular flexibility index (Phi) is 5.38. The number of pyridine rings is 1. The number of ether oxygens (including phenoxy) is 1. The first kappa shape index (κ1) is 15.3. The van der Waals surface area contributed by atoms with Gasteiger partial charge in [0, 0.05) is 26.0 Å². The Morgan fingerprint density at radius 2 is 2.05 bits per heavy atom. The Labute approximate surface area is 125 Å². The lowest BCUT2D eigenvalue weighted by atomic mass is 10.2. The van der Waals surface area contributed by atoms with E-state index in [1.54, 1.807) is 7.11 Å². The maximum Gasteiger partial charge on any atom is 0.160 e. The summed E-state index contributed by atoms with van der Waals surface area (Å²) in [5, 5.41) is -0.108. The number of hydrogen-bond donors (Lipinski definition) is 0. The second-order valence-corrected chi connectivity index (χ2v) is 5.74. The van der Waals surface area contributed by atoms with Crippen molar-refractivity contribution in [2.24, 2.45) is 0 Å². The van der Waals surface area contributed by atoms with Gasteiger partial charge in [0.25, 0.3) is 0 Å². The molecule has 0 aliphatic rings. The third-order valence-corrected chi connectivity index (χ3v) is 3.54. The third-order valence-electron chi connectivity index (χ3n) is 3.35. The summed E-state index contributed by atoms with van der Waals surface area (Å²) in [6, 6.07) is 4.00. The molecule has 110 valence electrons. The third kappa shape index (κ3) is 3.49. The maximum absolute atomic E-state index is 6.25. The van der Waals surface area contributed by atoms with Crippen molar-refractivity contribution < 1.29 is 4.74 Å². The second kappa shape index (κ2) is 7.04. The van der Waals surface area contributed by atoms with Crippen LogP contribution in [0.15, 0.2) is 12.1 Å². The zero-order valence-corrected chi connectivity index (χ0v) is 13.2. The van der Waals surface area contributed by atoms with Gasteiger partial charge >= 0.3 is 0 Å². The van der Waals surface area contributed by atoms with E-state index >= 15 is 0 Å². The van der Waals surface area contributed by atoms with Gasteiger partial charge in [0.2, 0.25) is 0 Å². The van der Waals surface area contributed by atoms with Crippen LogP contribution in [0.2, 0.25) is 0 Å². The average Bonchev–Trinajstić information content (AvgIpc) is 2.77. The average molecular weight is 296 g/mol. The maximum atomic E-state index is 6.25. The number of halogens is 1. The zero-order chi connectivity index (χ0) is 14.5. The van der Waals surface area contributed by atoms with Gasteiger partial charge in [-0.25, -0.2) is 9.97 Å². The highest BCUT2D eigenvalue weighted by Crippen LogP contribution is 2.24. The van der Waals surface area contributed by atoms with E-state index in [4.69, 9.17) is 16.3 Å². The van der Waals surface area contributed by atoms with E-state index in [0.29, 0.717) is 0 Å². The topological polar surface area (TPSA) is 39.9 Å². The molecule has 0 N–H and O–H groups in total. The van der Waals surface area contributed by atoms with Crippen molar-refractivity contribution in [1.82, 2.24) is 14.5 Å². The lowest BCUT2D eigenvalue weighted by Gasteiger charge is -2.10. The number of unbranched alkanes of at least 4 members (excludes halogenated alkanes) is 2. The number of alkyl halides is 1. The predicted octanol–water partition coefficient (Wildman–Crippen LogP) is 3.86. The molecule has 0 aliphatic carbocycles. The molecule has 1 atom stereocenters. The van der Waals surface area contributed by atoms with E-state index in [1.165, 1.54) is 0 Å². The first-order chi connectivity index (χ1) is 9.63. The van der Waals surface area contributed by atoms with Crippen molar-refractivity contribution in [3.05, 3.63) is 23.7 Å². The molecule has 20 heavy (non-hydrogen) atoms. The summed E-state index contributed by atoms with van der Waals surface area (Å²) in [5.41, 5.74) is 2.88. The summed E-state index contributed by atoms with van der Waals surface area (Å²) in [6.07, 6.45) is 3.30. The van der Waals surface area contributed by atoms with E-state index in [9.17, 15) is 0 Å². The van der Waals surface area contributed by atoms with Crippen LogP contribution in [0.5, 0.6) is 0 Å². The van der Waals surface area contributed by atoms with Crippen LogP contribution < -0.4 is 0 Å². The lowest BCUT2D eigenvalue weighted by molar-refractivity contribution is 0.191. The van der Waals surface area contributed by atoms with Gasteiger partial charge in [-0.3, -0.25) is 0 Å². The molecule has 0 amide bonds. The zero-order valence-electron chi connectivity index (χ0n) is 12.4. The Morgan fingerprint density at radius 1 is 1.25 bits per heavy atom. The molecule has 0 radical (unpaired) electrons. The molecule has 1 unspecified atom stereocenters. The van der Waals surface area contributed by atoms with E-state index in [2.05, 4.69) is 14.5 Å². The minimum absolute atomic E-state index is 0.108. The molecule has 0 spiro atoms. The molecule has 2 heterocycles. The van der Waals surface area contributed by atoms with Gasteiger partial charge in [-0.05, 0) is 45.2 Å². The van der Waals surface area contributed by atoms with E-state index in [0.717, 1.165) is 55.1 Å². The summed E-state index contributed by atoms with van der Waals surface area (Å²) < 4.78 is 7.23. The quantitative estimate of drug-likeness (QED) is 0.575. The largest absolute Gasteiger partial charge is 0.385 e. The molecule has 2 rings (SSSR count). The molecular formula is C15H22ClN3O. The fourth-order valence-electron chi connectivity index (χ4n) is 2.33. The Balaban J connectivity index is 2.19. The van der Waals surface area contributed by atoms with Crippen molar-refractivity contribution >= 4 is 22.8 Å². The van der Waals surface area contributed by atoms with Gasteiger partial charge in [-0.2, -0.15) is 0 Å². The number of aryl methyl sites for hydroxylation is 2. The fraction of sp³-hybridized carbons (Fsp3) is 0.600. The number of hydrogen-bond acceptors (Lipinski definition) is 3. The monoisotopic (exact) mass is 295 g/mol. The SMILES string of the molecule is COCCCCCn1c(C(C)Cl)nc2ccc(C)nc21. The molecule has 0 bridgehead atoms. The standard InChI is InChI=1S/C15H22ClN3O/c1-11-7-8-13-15(17-11)19(14(18-13)12(2)16)9-5-4-6-10-20-3/h7-8,12H,4-6,9-10H2,1-3H3. The van der Waals surface area contributed by atoms with Crippen LogP contribution in [0.3, 0.4) is 0 Å². The minimum Gasteiger partial charge on any atom is -0.385 e.